The lowest BCUT2D eigenvalue weighted by Gasteiger charge is -2.27. The third-order valence-corrected chi connectivity index (χ3v) is 2.95. The topological polar surface area (TPSA) is 69.6 Å². The van der Waals surface area contributed by atoms with Crippen LogP contribution in [0, 0.1) is 0 Å². The molecule has 5 nitrogen and oxygen atoms in total. The van der Waals surface area contributed by atoms with Crippen LogP contribution in [0.2, 0.25) is 0 Å². The fraction of sp³-hybridized carbons (Fsp3) is 0.846. The normalized spacial score (nSPS) is 12.5. The minimum Gasteiger partial charge on any atom is -0.481 e. The highest BCUT2D eigenvalue weighted by Gasteiger charge is 2.17. The monoisotopic (exact) mass is 258 g/mol. The van der Waals surface area contributed by atoms with Crippen molar-refractivity contribution < 1.29 is 14.7 Å². The van der Waals surface area contributed by atoms with Crippen LogP contribution in [0.5, 0.6) is 0 Å². The molecular formula is C13H26N2O3. The lowest BCUT2D eigenvalue weighted by atomic mass is 10.2. The molecule has 1 amide bonds. The average Bonchev–Trinajstić information content (AvgIpc) is 2.30. The van der Waals surface area contributed by atoms with Crippen LogP contribution in [0.1, 0.15) is 47.0 Å². The van der Waals surface area contributed by atoms with Gasteiger partial charge in [0.2, 0.25) is 5.91 Å². The molecule has 0 aliphatic carbocycles. The van der Waals surface area contributed by atoms with Crippen molar-refractivity contribution in [2.24, 2.45) is 0 Å². The van der Waals surface area contributed by atoms with Crippen molar-refractivity contribution in [2.45, 2.75) is 59.0 Å². The standard InChI is InChI=1S/C13H26N2O3/c1-5-11(4)14-9-12(16)15(10(2)3)8-6-7-13(17)18/h10-11,14H,5-9H2,1-4H3,(H,17,18). The second-order valence-electron chi connectivity index (χ2n) is 4.87. The Kier molecular flexibility index (Phi) is 8.37. The number of nitrogens with one attached hydrogen (secondary N) is 1. The molecule has 0 heterocycles. The fourth-order valence-corrected chi connectivity index (χ4v) is 1.58. The van der Waals surface area contributed by atoms with Gasteiger partial charge in [-0.3, -0.25) is 9.59 Å². The summed E-state index contributed by atoms with van der Waals surface area (Å²) in [7, 11) is 0. The zero-order chi connectivity index (χ0) is 14.1. The van der Waals surface area contributed by atoms with Gasteiger partial charge in [0.25, 0.3) is 0 Å². The number of nitrogens with zero attached hydrogens (tertiary/aromatic N) is 1. The summed E-state index contributed by atoms with van der Waals surface area (Å²) in [4.78, 5) is 24.2. The molecule has 0 fully saturated rings. The van der Waals surface area contributed by atoms with E-state index >= 15 is 0 Å². The van der Waals surface area contributed by atoms with Crippen LogP contribution in [-0.4, -0.2) is 47.1 Å². The lowest BCUT2D eigenvalue weighted by molar-refractivity contribution is -0.138. The molecule has 1 unspecified atom stereocenters. The third kappa shape index (κ3) is 7.27. The predicted molar refractivity (Wildman–Crippen MR) is 71.5 cm³/mol. The van der Waals surface area contributed by atoms with Crippen LogP contribution in [-0.2, 0) is 9.59 Å². The molecule has 0 aromatic rings. The van der Waals surface area contributed by atoms with Crippen molar-refractivity contribution in [1.29, 1.82) is 0 Å². The Hall–Kier alpha value is -1.10. The number of carboxylic acids is 1. The number of amides is 1. The molecular weight excluding hydrogens is 232 g/mol. The maximum Gasteiger partial charge on any atom is 0.303 e. The quantitative estimate of drug-likeness (QED) is 0.657. The summed E-state index contributed by atoms with van der Waals surface area (Å²) in [5.74, 6) is -0.778. The van der Waals surface area contributed by atoms with E-state index in [0.29, 0.717) is 25.6 Å². The van der Waals surface area contributed by atoms with Crippen molar-refractivity contribution in [1.82, 2.24) is 10.2 Å². The minimum atomic E-state index is -0.816. The predicted octanol–water partition coefficient (Wildman–Crippen LogP) is 1.48. The fourth-order valence-electron chi connectivity index (χ4n) is 1.58. The van der Waals surface area contributed by atoms with E-state index in [1.165, 1.54) is 0 Å². The Morgan fingerprint density at radius 3 is 2.33 bits per heavy atom. The minimum absolute atomic E-state index is 0.0377. The van der Waals surface area contributed by atoms with Crippen molar-refractivity contribution in [3.8, 4) is 0 Å². The molecule has 0 aromatic carbocycles. The second kappa shape index (κ2) is 8.91. The van der Waals surface area contributed by atoms with Crippen molar-refractivity contribution in [3.63, 3.8) is 0 Å². The number of carbonyl (C=O) groups excluding carboxylic acids is 1. The van der Waals surface area contributed by atoms with Gasteiger partial charge in [0.15, 0.2) is 0 Å². The molecule has 0 spiro atoms. The second-order valence-corrected chi connectivity index (χ2v) is 4.87. The van der Waals surface area contributed by atoms with Crippen LogP contribution in [0.4, 0.5) is 0 Å². The Bertz CT molecular complexity index is 267. The van der Waals surface area contributed by atoms with E-state index in [0.717, 1.165) is 6.42 Å². The zero-order valence-electron chi connectivity index (χ0n) is 11.9. The average molecular weight is 258 g/mol. The third-order valence-electron chi connectivity index (χ3n) is 2.95. The largest absolute Gasteiger partial charge is 0.481 e. The summed E-state index contributed by atoms with van der Waals surface area (Å²) in [6, 6.07) is 0.423. The number of hydrogen-bond donors (Lipinski definition) is 2. The summed E-state index contributed by atoms with van der Waals surface area (Å²) in [5.41, 5.74) is 0. The summed E-state index contributed by atoms with van der Waals surface area (Å²) >= 11 is 0. The van der Waals surface area contributed by atoms with Gasteiger partial charge < -0.3 is 15.3 Å². The van der Waals surface area contributed by atoms with Crippen molar-refractivity contribution in [3.05, 3.63) is 0 Å². The van der Waals surface area contributed by atoms with Crippen LogP contribution in [0.3, 0.4) is 0 Å². The Labute approximate surface area is 110 Å². The van der Waals surface area contributed by atoms with E-state index in [4.69, 9.17) is 5.11 Å². The van der Waals surface area contributed by atoms with Gasteiger partial charge in [-0.2, -0.15) is 0 Å². The lowest BCUT2D eigenvalue weighted by Crippen LogP contribution is -2.44. The van der Waals surface area contributed by atoms with Crippen molar-refractivity contribution >= 4 is 11.9 Å². The highest BCUT2D eigenvalue weighted by Crippen LogP contribution is 2.03. The van der Waals surface area contributed by atoms with Gasteiger partial charge >= 0.3 is 5.97 Å². The number of carboxylic acid groups (broad SMARTS) is 1. The van der Waals surface area contributed by atoms with Crippen LogP contribution in [0.25, 0.3) is 0 Å². The first kappa shape index (κ1) is 16.9. The Morgan fingerprint density at radius 2 is 1.89 bits per heavy atom. The van der Waals surface area contributed by atoms with E-state index in [9.17, 15) is 9.59 Å². The summed E-state index contributed by atoms with van der Waals surface area (Å²) in [6.45, 7) is 8.82. The number of hydrogen-bond acceptors (Lipinski definition) is 3. The molecule has 106 valence electrons. The van der Waals surface area contributed by atoms with E-state index in [2.05, 4.69) is 12.2 Å². The van der Waals surface area contributed by atoms with Crippen LogP contribution in [0.15, 0.2) is 0 Å². The zero-order valence-corrected chi connectivity index (χ0v) is 11.9. The van der Waals surface area contributed by atoms with Crippen molar-refractivity contribution in [2.75, 3.05) is 13.1 Å². The molecule has 0 rings (SSSR count). The molecule has 0 radical (unpaired) electrons. The van der Waals surface area contributed by atoms with Gasteiger partial charge in [-0.25, -0.2) is 0 Å². The highest BCUT2D eigenvalue weighted by atomic mass is 16.4. The molecule has 18 heavy (non-hydrogen) atoms. The Balaban J connectivity index is 4.15. The number of rotatable bonds is 9. The van der Waals surface area contributed by atoms with Gasteiger partial charge in [-0.1, -0.05) is 6.92 Å². The van der Waals surface area contributed by atoms with E-state index in [-0.39, 0.29) is 18.4 Å². The highest BCUT2D eigenvalue weighted by molar-refractivity contribution is 5.78. The first-order valence-corrected chi connectivity index (χ1v) is 6.63. The maximum atomic E-state index is 12.0. The molecule has 0 aliphatic heterocycles. The SMILES string of the molecule is CCC(C)NCC(=O)N(CCCC(=O)O)C(C)C. The first-order valence-electron chi connectivity index (χ1n) is 6.63. The number of aliphatic carboxylic acids is 1. The summed E-state index contributed by atoms with van der Waals surface area (Å²) in [5, 5.41) is 11.8. The molecule has 0 aromatic heterocycles. The molecule has 2 N–H and O–H groups in total. The molecule has 1 atom stereocenters. The maximum absolute atomic E-state index is 12.0. The van der Waals surface area contributed by atoms with Crippen LogP contribution < -0.4 is 5.32 Å². The Morgan fingerprint density at radius 1 is 1.28 bits per heavy atom. The van der Waals surface area contributed by atoms with E-state index < -0.39 is 5.97 Å². The first-order chi connectivity index (χ1) is 8.38. The molecule has 0 saturated carbocycles. The van der Waals surface area contributed by atoms with Crippen LogP contribution >= 0.6 is 0 Å². The molecule has 0 saturated heterocycles. The molecule has 0 aliphatic rings. The molecule has 5 heteroatoms. The molecule has 0 bridgehead atoms. The van der Waals surface area contributed by atoms with E-state index in [1.54, 1.807) is 4.90 Å². The van der Waals surface area contributed by atoms with Gasteiger partial charge in [0.1, 0.15) is 0 Å². The van der Waals surface area contributed by atoms with Gasteiger partial charge in [0.05, 0.1) is 6.54 Å². The van der Waals surface area contributed by atoms with E-state index in [1.807, 2.05) is 20.8 Å². The number of carbonyl (C=O) groups is 2. The van der Waals surface area contributed by atoms with Gasteiger partial charge in [-0.05, 0) is 33.6 Å². The summed E-state index contributed by atoms with van der Waals surface area (Å²) < 4.78 is 0. The van der Waals surface area contributed by atoms with Gasteiger partial charge in [-0.15, -0.1) is 0 Å². The smallest absolute Gasteiger partial charge is 0.303 e. The summed E-state index contributed by atoms with van der Waals surface area (Å²) in [6.07, 6.45) is 1.59. The van der Waals surface area contributed by atoms with Gasteiger partial charge in [0, 0.05) is 25.0 Å².